The standard InChI is InChI=1S/C11H22O.C9H18O/c1-3-4-5-6-7-8-9-10-11(2)12;1-3-5-7-9(10)8-6-4-2/h3-10H2,1-2H3;3-8H2,1-2H3. The number of rotatable bonds is 14. The summed E-state index contributed by atoms with van der Waals surface area (Å²) in [5.41, 5.74) is 0. The first kappa shape index (κ1) is 23.6. The van der Waals surface area contributed by atoms with Crippen molar-refractivity contribution in [2.24, 2.45) is 0 Å². The second kappa shape index (κ2) is 20.3. The van der Waals surface area contributed by atoms with Gasteiger partial charge in [0.2, 0.25) is 0 Å². The van der Waals surface area contributed by atoms with Crippen molar-refractivity contribution in [2.45, 2.75) is 118 Å². The molecule has 0 saturated heterocycles. The first-order chi connectivity index (χ1) is 10.6. The average molecular weight is 313 g/mol. The molecule has 0 amide bonds. The van der Waals surface area contributed by atoms with Crippen LogP contribution in [0.5, 0.6) is 0 Å². The Hall–Kier alpha value is -0.660. The maximum atomic E-state index is 11.0. The molecule has 0 aromatic carbocycles. The average Bonchev–Trinajstić information content (AvgIpc) is 2.50. The van der Waals surface area contributed by atoms with Crippen molar-refractivity contribution >= 4 is 11.6 Å². The Morgan fingerprint density at radius 1 is 0.545 bits per heavy atom. The van der Waals surface area contributed by atoms with E-state index in [9.17, 15) is 9.59 Å². The molecule has 0 bridgehead atoms. The van der Waals surface area contributed by atoms with Crippen molar-refractivity contribution in [1.29, 1.82) is 0 Å². The highest BCUT2D eigenvalue weighted by molar-refractivity contribution is 5.78. The van der Waals surface area contributed by atoms with E-state index in [4.69, 9.17) is 0 Å². The molecular weight excluding hydrogens is 272 g/mol. The SMILES string of the molecule is CCCCC(=O)CCCC.CCCCCCCCCC(C)=O. The van der Waals surface area contributed by atoms with Crippen LogP contribution in [0.25, 0.3) is 0 Å². The number of hydrogen-bond acceptors (Lipinski definition) is 2. The van der Waals surface area contributed by atoms with Crippen LogP contribution in [-0.2, 0) is 9.59 Å². The Morgan fingerprint density at radius 3 is 1.36 bits per heavy atom. The molecule has 2 nitrogen and oxygen atoms in total. The van der Waals surface area contributed by atoms with Crippen LogP contribution >= 0.6 is 0 Å². The normalized spacial score (nSPS) is 10.0. The highest BCUT2D eigenvalue weighted by Gasteiger charge is 1.98. The summed E-state index contributed by atoms with van der Waals surface area (Å²) in [6.45, 7) is 8.15. The Labute approximate surface area is 139 Å². The fourth-order valence-electron chi connectivity index (χ4n) is 2.20. The van der Waals surface area contributed by atoms with E-state index < -0.39 is 0 Å². The van der Waals surface area contributed by atoms with Gasteiger partial charge in [-0.05, 0) is 26.2 Å². The third kappa shape index (κ3) is 24.4. The molecule has 0 spiro atoms. The van der Waals surface area contributed by atoms with Crippen LogP contribution in [0.2, 0.25) is 0 Å². The van der Waals surface area contributed by atoms with Crippen molar-refractivity contribution in [3.8, 4) is 0 Å². The van der Waals surface area contributed by atoms with Gasteiger partial charge in [-0.1, -0.05) is 72.1 Å². The largest absolute Gasteiger partial charge is 0.300 e. The molecule has 0 atom stereocenters. The number of Topliss-reactive ketones (excluding diaryl/α,β-unsaturated/α-hetero) is 2. The number of carbonyl (C=O) groups is 2. The van der Waals surface area contributed by atoms with Crippen molar-refractivity contribution in [2.75, 3.05) is 0 Å². The van der Waals surface area contributed by atoms with Crippen LogP contribution in [0.3, 0.4) is 0 Å². The van der Waals surface area contributed by atoms with Crippen LogP contribution in [0.15, 0.2) is 0 Å². The monoisotopic (exact) mass is 312 g/mol. The Bertz CT molecular complexity index is 236. The molecule has 0 radical (unpaired) electrons. The smallest absolute Gasteiger partial charge is 0.132 e. The van der Waals surface area contributed by atoms with E-state index in [-0.39, 0.29) is 0 Å². The summed E-state index contributed by atoms with van der Waals surface area (Å²) in [7, 11) is 0. The first-order valence-corrected chi connectivity index (χ1v) is 9.59. The molecule has 0 aliphatic heterocycles. The van der Waals surface area contributed by atoms with Crippen molar-refractivity contribution < 1.29 is 9.59 Å². The van der Waals surface area contributed by atoms with Gasteiger partial charge in [0.1, 0.15) is 11.6 Å². The van der Waals surface area contributed by atoms with Gasteiger partial charge in [-0.25, -0.2) is 0 Å². The van der Waals surface area contributed by atoms with Crippen LogP contribution in [0.4, 0.5) is 0 Å². The topological polar surface area (TPSA) is 34.1 Å². The molecule has 0 saturated carbocycles. The van der Waals surface area contributed by atoms with E-state index in [2.05, 4.69) is 20.8 Å². The summed E-state index contributed by atoms with van der Waals surface area (Å²) in [5, 5.41) is 0. The van der Waals surface area contributed by atoms with Crippen molar-refractivity contribution in [3.63, 3.8) is 0 Å². The molecule has 0 heterocycles. The quantitative estimate of drug-likeness (QED) is 0.336. The zero-order chi connectivity index (χ0) is 17.1. The minimum absolute atomic E-state index is 0.337. The highest BCUT2D eigenvalue weighted by atomic mass is 16.1. The Balaban J connectivity index is 0. The van der Waals surface area contributed by atoms with E-state index in [1.165, 1.54) is 38.5 Å². The summed E-state index contributed by atoms with van der Waals surface area (Å²) in [6.07, 6.45) is 15.9. The molecule has 0 rings (SSSR count). The van der Waals surface area contributed by atoms with Gasteiger partial charge in [-0.2, -0.15) is 0 Å². The van der Waals surface area contributed by atoms with Crippen LogP contribution in [-0.4, -0.2) is 11.6 Å². The molecule has 2 heteroatoms. The van der Waals surface area contributed by atoms with E-state index in [0.717, 1.165) is 51.4 Å². The van der Waals surface area contributed by atoms with Crippen molar-refractivity contribution in [3.05, 3.63) is 0 Å². The Kier molecular flexibility index (Phi) is 21.8. The van der Waals surface area contributed by atoms with E-state index in [0.29, 0.717) is 11.6 Å². The number of carbonyl (C=O) groups excluding carboxylic acids is 2. The van der Waals surface area contributed by atoms with Gasteiger partial charge in [-0.3, -0.25) is 4.79 Å². The molecule has 0 aliphatic rings. The van der Waals surface area contributed by atoms with Crippen LogP contribution < -0.4 is 0 Å². The third-order valence-electron chi connectivity index (χ3n) is 3.75. The van der Waals surface area contributed by atoms with Crippen LogP contribution in [0, 0.1) is 0 Å². The van der Waals surface area contributed by atoms with Gasteiger partial charge >= 0.3 is 0 Å². The lowest BCUT2D eigenvalue weighted by Gasteiger charge is -1.98. The van der Waals surface area contributed by atoms with Gasteiger partial charge < -0.3 is 4.79 Å². The minimum atomic E-state index is 0.337. The molecule has 0 unspecified atom stereocenters. The van der Waals surface area contributed by atoms with Crippen molar-refractivity contribution in [1.82, 2.24) is 0 Å². The molecule has 0 fully saturated rings. The van der Waals surface area contributed by atoms with Gasteiger partial charge in [0.25, 0.3) is 0 Å². The Morgan fingerprint density at radius 2 is 0.955 bits per heavy atom. The summed E-state index contributed by atoms with van der Waals surface area (Å²) in [5.74, 6) is 0.784. The number of ketones is 2. The predicted molar refractivity (Wildman–Crippen MR) is 97.3 cm³/mol. The minimum Gasteiger partial charge on any atom is -0.300 e. The fraction of sp³-hybridized carbons (Fsp3) is 0.900. The molecule has 0 aliphatic carbocycles. The van der Waals surface area contributed by atoms with E-state index >= 15 is 0 Å². The molecule has 22 heavy (non-hydrogen) atoms. The summed E-state index contributed by atoms with van der Waals surface area (Å²) < 4.78 is 0. The fourth-order valence-corrected chi connectivity index (χ4v) is 2.20. The second-order valence-electron chi connectivity index (χ2n) is 6.32. The molecule has 0 aromatic heterocycles. The maximum Gasteiger partial charge on any atom is 0.132 e. The van der Waals surface area contributed by atoms with Gasteiger partial charge in [0.15, 0.2) is 0 Å². The molecule has 0 N–H and O–H groups in total. The van der Waals surface area contributed by atoms with Gasteiger partial charge in [-0.15, -0.1) is 0 Å². The summed E-state index contributed by atoms with van der Waals surface area (Å²) in [4.78, 5) is 21.5. The zero-order valence-corrected chi connectivity index (χ0v) is 15.7. The molecule has 0 aromatic rings. The van der Waals surface area contributed by atoms with Crippen LogP contribution in [0.1, 0.15) is 118 Å². The lowest BCUT2D eigenvalue weighted by Crippen LogP contribution is -1.96. The number of hydrogen-bond donors (Lipinski definition) is 0. The third-order valence-corrected chi connectivity index (χ3v) is 3.75. The van der Waals surface area contributed by atoms with E-state index in [1.807, 2.05) is 0 Å². The second-order valence-corrected chi connectivity index (χ2v) is 6.32. The molecule has 132 valence electrons. The summed E-state index contributed by atoms with van der Waals surface area (Å²) >= 11 is 0. The van der Waals surface area contributed by atoms with Gasteiger partial charge in [0.05, 0.1) is 0 Å². The van der Waals surface area contributed by atoms with E-state index in [1.54, 1.807) is 6.92 Å². The zero-order valence-electron chi connectivity index (χ0n) is 15.7. The maximum absolute atomic E-state index is 11.0. The van der Waals surface area contributed by atoms with Gasteiger partial charge in [0, 0.05) is 19.3 Å². The molecular formula is C20H40O2. The lowest BCUT2D eigenvalue weighted by molar-refractivity contribution is -0.119. The first-order valence-electron chi connectivity index (χ1n) is 9.59. The lowest BCUT2D eigenvalue weighted by atomic mass is 10.1. The summed E-state index contributed by atoms with van der Waals surface area (Å²) in [6, 6.07) is 0. The number of unbranched alkanes of at least 4 members (excludes halogenated alkanes) is 8. The predicted octanol–water partition coefficient (Wildman–Crippen LogP) is 6.65. The highest BCUT2D eigenvalue weighted by Crippen LogP contribution is 2.08.